The zero-order valence-corrected chi connectivity index (χ0v) is 11.8. The number of hydrogen-bond acceptors (Lipinski definition) is 4. The van der Waals surface area contributed by atoms with Gasteiger partial charge in [-0.3, -0.25) is 0 Å². The SMILES string of the molecule is COC(=O)C(Cc1cccc(O)c1)OCCC(C)C. The Labute approximate surface area is 114 Å². The Morgan fingerprint density at radius 1 is 1.37 bits per heavy atom. The molecule has 0 spiro atoms. The smallest absolute Gasteiger partial charge is 0.335 e. The van der Waals surface area contributed by atoms with E-state index in [-0.39, 0.29) is 11.7 Å². The van der Waals surface area contributed by atoms with Crippen molar-refractivity contribution in [3.05, 3.63) is 29.8 Å². The van der Waals surface area contributed by atoms with Crippen molar-refractivity contribution >= 4 is 5.97 Å². The van der Waals surface area contributed by atoms with Gasteiger partial charge in [-0.25, -0.2) is 4.79 Å². The Morgan fingerprint density at radius 3 is 2.68 bits per heavy atom. The van der Waals surface area contributed by atoms with Crippen molar-refractivity contribution < 1.29 is 19.4 Å². The maximum Gasteiger partial charge on any atom is 0.335 e. The second-order valence-corrected chi connectivity index (χ2v) is 4.94. The molecular weight excluding hydrogens is 244 g/mol. The van der Waals surface area contributed by atoms with Gasteiger partial charge in [0.05, 0.1) is 7.11 Å². The van der Waals surface area contributed by atoms with E-state index in [9.17, 15) is 9.90 Å². The molecule has 0 fully saturated rings. The monoisotopic (exact) mass is 266 g/mol. The van der Waals surface area contributed by atoms with Gasteiger partial charge in [-0.05, 0) is 30.0 Å². The maximum atomic E-state index is 11.7. The highest BCUT2D eigenvalue weighted by atomic mass is 16.6. The topological polar surface area (TPSA) is 55.8 Å². The molecular formula is C15H22O4. The first-order valence-electron chi connectivity index (χ1n) is 6.50. The number of carbonyl (C=O) groups is 1. The Morgan fingerprint density at radius 2 is 2.11 bits per heavy atom. The normalized spacial score (nSPS) is 12.4. The summed E-state index contributed by atoms with van der Waals surface area (Å²) < 4.78 is 10.3. The molecule has 1 N–H and O–H groups in total. The summed E-state index contributed by atoms with van der Waals surface area (Å²) in [5, 5.41) is 9.41. The van der Waals surface area contributed by atoms with Crippen molar-refractivity contribution in [2.45, 2.75) is 32.8 Å². The molecule has 0 bridgehead atoms. The van der Waals surface area contributed by atoms with Crippen LogP contribution >= 0.6 is 0 Å². The van der Waals surface area contributed by atoms with Crippen LogP contribution in [0.2, 0.25) is 0 Å². The largest absolute Gasteiger partial charge is 0.508 e. The van der Waals surface area contributed by atoms with Gasteiger partial charge in [0.2, 0.25) is 0 Å². The molecule has 0 radical (unpaired) electrons. The third-order valence-corrected chi connectivity index (χ3v) is 2.81. The van der Waals surface area contributed by atoms with Gasteiger partial charge in [0.15, 0.2) is 6.10 Å². The minimum Gasteiger partial charge on any atom is -0.508 e. The van der Waals surface area contributed by atoms with E-state index < -0.39 is 6.10 Å². The molecule has 1 aromatic carbocycles. The molecule has 4 nitrogen and oxygen atoms in total. The lowest BCUT2D eigenvalue weighted by Crippen LogP contribution is -2.28. The Kier molecular flexibility index (Phi) is 6.36. The molecule has 0 aliphatic heterocycles. The number of aromatic hydroxyl groups is 1. The van der Waals surface area contributed by atoms with Crippen molar-refractivity contribution in [1.82, 2.24) is 0 Å². The predicted octanol–water partition coefficient (Wildman–Crippen LogP) is 2.54. The quantitative estimate of drug-likeness (QED) is 0.771. The zero-order valence-electron chi connectivity index (χ0n) is 11.8. The van der Waals surface area contributed by atoms with Crippen LogP contribution in [0.1, 0.15) is 25.8 Å². The van der Waals surface area contributed by atoms with Crippen molar-refractivity contribution in [1.29, 1.82) is 0 Å². The molecule has 0 saturated heterocycles. The minimum atomic E-state index is -0.620. The molecule has 0 aliphatic rings. The lowest BCUT2D eigenvalue weighted by molar-refractivity contribution is -0.154. The van der Waals surface area contributed by atoms with E-state index in [1.165, 1.54) is 7.11 Å². The van der Waals surface area contributed by atoms with Crippen LogP contribution in [0, 0.1) is 5.92 Å². The lowest BCUT2D eigenvalue weighted by Gasteiger charge is -2.16. The lowest BCUT2D eigenvalue weighted by atomic mass is 10.1. The van der Waals surface area contributed by atoms with Gasteiger partial charge in [-0.2, -0.15) is 0 Å². The fraction of sp³-hybridized carbons (Fsp3) is 0.533. The minimum absolute atomic E-state index is 0.184. The number of esters is 1. The fourth-order valence-electron chi connectivity index (χ4n) is 1.69. The van der Waals surface area contributed by atoms with Gasteiger partial charge in [0.25, 0.3) is 0 Å². The standard InChI is InChI=1S/C15H22O4/c1-11(2)7-8-19-14(15(17)18-3)10-12-5-4-6-13(16)9-12/h4-6,9,11,14,16H,7-8,10H2,1-3H3. The van der Waals surface area contributed by atoms with Crippen LogP contribution in [0.4, 0.5) is 0 Å². The molecule has 0 heterocycles. The molecule has 0 aromatic heterocycles. The van der Waals surface area contributed by atoms with E-state index in [0.717, 1.165) is 12.0 Å². The van der Waals surface area contributed by atoms with Crippen molar-refractivity contribution in [3.8, 4) is 5.75 Å². The zero-order chi connectivity index (χ0) is 14.3. The number of phenolic OH excluding ortho intramolecular Hbond substituents is 1. The van der Waals surface area contributed by atoms with Crippen LogP contribution in [0.15, 0.2) is 24.3 Å². The highest BCUT2D eigenvalue weighted by Crippen LogP contribution is 2.15. The molecule has 1 atom stereocenters. The summed E-state index contributed by atoms with van der Waals surface area (Å²) in [7, 11) is 1.35. The number of phenols is 1. The summed E-state index contributed by atoms with van der Waals surface area (Å²) >= 11 is 0. The first-order chi connectivity index (χ1) is 9.02. The molecule has 4 heteroatoms. The summed E-state index contributed by atoms with van der Waals surface area (Å²) in [5.74, 6) is 0.328. The fourth-order valence-corrected chi connectivity index (χ4v) is 1.69. The van der Waals surface area contributed by atoms with Gasteiger partial charge in [0, 0.05) is 13.0 Å². The average Bonchev–Trinajstić information content (AvgIpc) is 2.36. The van der Waals surface area contributed by atoms with Gasteiger partial charge < -0.3 is 14.6 Å². The number of methoxy groups -OCH3 is 1. The number of rotatable bonds is 7. The van der Waals surface area contributed by atoms with E-state index in [1.807, 2.05) is 6.07 Å². The summed E-state index contributed by atoms with van der Waals surface area (Å²) in [6.45, 7) is 4.73. The molecule has 106 valence electrons. The van der Waals surface area contributed by atoms with Gasteiger partial charge in [0.1, 0.15) is 5.75 Å². The number of ether oxygens (including phenoxy) is 2. The number of benzene rings is 1. The van der Waals surface area contributed by atoms with Crippen LogP contribution < -0.4 is 0 Å². The summed E-state index contributed by atoms with van der Waals surface area (Å²) in [4.78, 5) is 11.7. The number of hydrogen-bond donors (Lipinski definition) is 1. The van der Waals surface area contributed by atoms with Crippen molar-refractivity contribution in [2.75, 3.05) is 13.7 Å². The van der Waals surface area contributed by atoms with Crippen LogP contribution in [0.3, 0.4) is 0 Å². The highest BCUT2D eigenvalue weighted by Gasteiger charge is 2.20. The average molecular weight is 266 g/mol. The van der Waals surface area contributed by atoms with E-state index in [1.54, 1.807) is 18.2 Å². The van der Waals surface area contributed by atoms with E-state index in [4.69, 9.17) is 9.47 Å². The number of carbonyl (C=O) groups excluding carboxylic acids is 1. The predicted molar refractivity (Wildman–Crippen MR) is 73.0 cm³/mol. The first kappa shape index (κ1) is 15.5. The van der Waals surface area contributed by atoms with E-state index >= 15 is 0 Å². The molecule has 1 unspecified atom stereocenters. The Balaban J connectivity index is 2.61. The molecule has 0 aliphatic carbocycles. The van der Waals surface area contributed by atoms with Crippen LogP contribution in [-0.4, -0.2) is 30.9 Å². The first-order valence-corrected chi connectivity index (χ1v) is 6.50. The van der Waals surface area contributed by atoms with Crippen LogP contribution in [-0.2, 0) is 20.7 Å². The third kappa shape index (κ3) is 5.75. The van der Waals surface area contributed by atoms with E-state index in [0.29, 0.717) is 18.9 Å². The van der Waals surface area contributed by atoms with Gasteiger partial charge in [-0.1, -0.05) is 26.0 Å². The molecule has 1 rings (SSSR count). The Bertz CT molecular complexity index is 401. The molecule has 0 amide bonds. The second kappa shape index (κ2) is 7.79. The molecule has 0 saturated carbocycles. The molecule has 19 heavy (non-hydrogen) atoms. The van der Waals surface area contributed by atoms with Gasteiger partial charge >= 0.3 is 5.97 Å². The second-order valence-electron chi connectivity index (χ2n) is 4.94. The summed E-state index contributed by atoms with van der Waals surface area (Å²) in [6, 6.07) is 6.81. The van der Waals surface area contributed by atoms with Crippen molar-refractivity contribution in [3.63, 3.8) is 0 Å². The van der Waals surface area contributed by atoms with Crippen LogP contribution in [0.5, 0.6) is 5.75 Å². The molecule has 1 aromatic rings. The van der Waals surface area contributed by atoms with Crippen LogP contribution in [0.25, 0.3) is 0 Å². The van der Waals surface area contributed by atoms with Gasteiger partial charge in [-0.15, -0.1) is 0 Å². The Hall–Kier alpha value is -1.55. The summed E-state index contributed by atoms with van der Waals surface area (Å²) in [5.41, 5.74) is 0.847. The maximum absolute atomic E-state index is 11.7. The van der Waals surface area contributed by atoms with E-state index in [2.05, 4.69) is 13.8 Å². The van der Waals surface area contributed by atoms with Crippen molar-refractivity contribution in [2.24, 2.45) is 5.92 Å². The highest BCUT2D eigenvalue weighted by molar-refractivity contribution is 5.75. The third-order valence-electron chi connectivity index (χ3n) is 2.81. The summed E-state index contributed by atoms with van der Waals surface area (Å²) in [6.07, 6.45) is 0.678.